The van der Waals surface area contributed by atoms with Crippen LogP contribution in [0.15, 0.2) is 150 Å². The summed E-state index contributed by atoms with van der Waals surface area (Å²) in [5, 5.41) is 4.79. The quantitative estimate of drug-likeness (QED) is 0.203. The second-order valence-electron chi connectivity index (χ2n) is 11.6. The van der Waals surface area contributed by atoms with Gasteiger partial charge in [0.2, 0.25) is 0 Å². The maximum atomic E-state index is 6.31. The SMILES string of the molecule is C/C=C\c1cc2cc(-c3ccc(C4=CCCC=C4)cc3)ccc2cc1-c1ccc(-c2cccc3c2oc2ccccc23)cc1. The van der Waals surface area contributed by atoms with Gasteiger partial charge in [-0.05, 0) is 99.3 Å². The lowest BCUT2D eigenvalue weighted by Gasteiger charge is -2.12. The number of fused-ring (bicyclic) bond motifs is 4. The number of benzene rings is 6. The molecule has 0 fully saturated rings. The number of hydrogen-bond donors (Lipinski definition) is 0. The van der Waals surface area contributed by atoms with Crippen LogP contribution in [0.25, 0.3) is 77.7 Å². The van der Waals surface area contributed by atoms with Gasteiger partial charge in [-0.1, -0.05) is 127 Å². The minimum atomic E-state index is 0.924. The number of para-hydroxylation sites is 2. The predicted octanol–water partition coefficient (Wildman–Crippen LogP) is 12.5. The smallest absolute Gasteiger partial charge is 0.143 e. The molecule has 0 N–H and O–H groups in total. The molecule has 210 valence electrons. The van der Waals surface area contributed by atoms with E-state index in [0.717, 1.165) is 45.9 Å². The highest BCUT2D eigenvalue weighted by molar-refractivity contribution is 6.09. The van der Waals surface area contributed by atoms with Gasteiger partial charge in [0.15, 0.2) is 0 Å². The minimum absolute atomic E-state index is 0.924. The number of hydrogen-bond acceptors (Lipinski definition) is 1. The maximum Gasteiger partial charge on any atom is 0.143 e. The van der Waals surface area contributed by atoms with Crippen LogP contribution in [0, 0.1) is 0 Å². The van der Waals surface area contributed by atoms with Crippen molar-refractivity contribution in [2.24, 2.45) is 0 Å². The fourth-order valence-corrected chi connectivity index (χ4v) is 6.55. The third kappa shape index (κ3) is 4.68. The van der Waals surface area contributed by atoms with Crippen LogP contribution in [-0.4, -0.2) is 0 Å². The van der Waals surface area contributed by atoms with Gasteiger partial charge in [-0.25, -0.2) is 0 Å². The Bertz CT molecular complexity index is 2250. The monoisotopic (exact) mass is 564 g/mol. The van der Waals surface area contributed by atoms with E-state index in [1.165, 1.54) is 49.7 Å². The molecule has 8 rings (SSSR count). The van der Waals surface area contributed by atoms with Gasteiger partial charge in [0.05, 0.1) is 0 Å². The summed E-state index contributed by atoms with van der Waals surface area (Å²) in [6.45, 7) is 2.08. The van der Waals surface area contributed by atoms with Gasteiger partial charge in [0.1, 0.15) is 11.2 Å². The Kier molecular flexibility index (Phi) is 6.57. The van der Waals surface area contributed by atoms with E-state index in [0.29, 0.717) is 0 Å². The van der Waals surface area contributed by atoms with Crippen molar-refractivity contribution in [2.45, 2.75) is 19.8 Å². The van der Waals surface area contributed by atoms with Crippen molar-refractivity contribution >= 4 is 44.4 Å². The van der Waals surface area contributed by atoms with Crippen molar-refractivity contribution in [1.29, 1.82) is 0 Å². The van der Waals surface area contributed by atoms with E-state index in [1.807, 2.05) is 12.1 Å². The normalized spacial score (nSPS) is 13.3. The molecule has 1 heterocycles. The average Bonchev–Trinajstić information content (AvgIpc) is 3.48. The molecule has 1 aliphatic carbocycles. The fraction of sp³-hybridized carbons (Fsp3) is 0.0698. The molecule has 1 heteroatoms. The Morgan fingerprint density at radius 3 is 2.09 bits per heavy atom. The van der Waals surface area contributed by atoms with Crippen LogP contribution in [0.5, 0.6) is 0 Å². The van der Waals surface area contributed by atoms with Crippen molar-refractivity contribution in [3.05, 3.63) is 157 Å². The molecule has 0 bridgehead atoms. The summed E-state index contributed by atoms with van der Waals surface area (Å²) in [5.41, 5.74) is 12.9. The molecule has 1 aliphatic rings. The molecule has 0 atom stereocenters. The lowest BCUT2D eigenvalue weighted by atomic mass is 9.92. The summed E-state index contributed by atoms with van der Waals surface area (Å²) >= 11 is 0. The third-order valence-electron chi connectivity index (χ3n) is 8.81. The number of furan rings is 1. The first-order valence-electron chi connectivity index (χ1n) is 15.4. The van der Waals surface area contributed by atoms with Crippen molar-refractivity contribution in [3.8, 4) is 33.4 Å². The molecule has 0 radical (unpaired) electrons. The Hall–Kier alpha value is -5.40. The fourth-order valence-electron chi connectivity index (χ4n) is 6.55. The highest BCUT2D eigenvalue weighted by Gasteiger charge is 2.13. The Morgan fingerprint density at radius 1 is 0.568 bits per heavy atom. The van der Waals surface area contributed by atoms with Gasteiger partial charge in [-0.15, -0.1) is 0 Å². The predicted molar refractivity (Wildman–Crippen MR) is 189 cm³/mol. The Labute approximate surface area is 258 Å². The largest absolute Gasteiger partial charge is 0.455 e. The highest BCUT2D eigenvalue weighted by atomic mass is 16.3. The zero-order chi connectivity index (χ0) is 29.5. The van der Waals surface area contributed by atoms with Crippen molar-refractivity contribution in [2.75, 3.05) is 0 Å². The first-order chi connectivity index (χ1) is 21.7. The van der Waals surface area contributed by atoms with E-state index < -0.39 is 0 Å². The van der Waals surface area contributed by atoms with E-state index >= 15 is 0 Å². The van der Waals surface area contributed by atoms with Crippen LogP contribution in [-0.2, 0) is 0 Å². The average molecular weight is 565 g/mol. The van der Waals surface area contributed by atoms with E-state index in [1.54, 1.807) is 0 Å². The summed E-state index contributed by atoms with van der Waals surface area (Å²) in [6, 6.07) is 44.0. The topological polar surface area (TPSA) is 13.1 Å². The highest BCUT2D eigenvalue weighted by Crippen LogP contribution is 2.38. The molecule has 0 unspecified atom stereocenters. The molecular weight excluding hydrogens is 532 g/mol. The van der Waals surface area contributed by atoms with Crippen molar-refractivity contribution in [1.82, 2.24) is 0 Å². The van der Waals surface area contributed by atoms with Crippen LogP contribution in [0.4, 0.5) is 0 Å². The van der Waals surface area contributed by atoms with Gasteiger partial charge < -0.3 is 4.42 Å². The van der Waals surface area contributed by atoms with E-state index in [4.69, 9.17) is 4.42 Å². The zero-order valence-electron chi connectivity index (χ0n) is 24.8. The lowest BCUT2D eigenvalue weighted by molar-refractivity contribution is 0.670. The zero-order valence-corrected chi connectivity index (χ0v) is 24.8. The number of allylic oxidation sites excluding steroid dienone is 5. The third-order valence-corrected chi connectivity index (χ3v) is 8.81. The second kappa shape index (κ2) is 11.0. The van der Waals surface area contributed by atoms with Gasteiger partial charge in [-0.2, -0.15) is 0 Å². The summed E-state index contributed by atoms with van der Waals surface area (Å²) in [7, 11) is 0. The standard InChI is InChI=1S/C43H32O/c1-2-9-36-27-37-26-34(31-18-16-30(17-19-31)29-10-4-3-5-11-29)24-25-35(37)28-41(36)33-22-20-32(21-23-33)38-13-8-14-40-39-12-6-7-15-42(39)44-43(38)40/h2,4,6-28H,3,5H2,1H3/b9-2-. The van der Waals surface area contributed by atoms with Crippen LogP contribution in [0.1, 0.15) is 30.9 Å². The van der Waals surface area contributed by atoms with Crippen LogP contribution in [0.3, 0.4) is 0 Å². The van der Waals surface area contributed by atoms with Crippen molar-refractivity contribution in [3.63, 3.8) is 0 Å². The van der Waals surface area contributed by atoms with Gasteiger partial charge in [0.25, 0.3) is 0 Å². The molecule has 6 aromatic carbocycles. The number of rotatable bonds is 5. The van der Waals surface area contributed by atoms with Crippen LogP contribution < -0.4 is 0 Å². The molecule has 1 nitrogen and oxygen atoms in total. The molecule has 0 saturated heterocycles. The molecule has 7 aromatic rings. The maximum absolute atomic E-state index is 6.31. The Morgan fingerprint density at radius 2 is 1.30 bits per heavy atom. The Balaban J connectivity index is 1.14. The summed E-state index contributed by atoms with van der Waals surface area (Å²) in [6.07, 6.45) is 13.4. The summed E-state index contributed by atoms with van der Waals surface area (Å²) in [5.74, 6) is 0. The first kappa shape index (κ1) is 26.2. The van der Waals surface area contributed by atoms with Crippen LogP contribution >= 0.6 is 0 Å². The van der Waals surface area contributed by atoms with E-state index in [2.05, 4.69) is 146 Å². The molecule has 0 saturated carbocycles. The van der Waals surface area contributed by atoms with Crippen LogP contribution in [0.2, 0.25) is 0 Å². The molecular formula is C43H32O. The molecule has 0 spiro atoms. The molecule has 1 aromatic heterocycles. The lowest BCUT2D eigenvalue weighted by Crippen LogP contribution is -1.88. The second-order valence-corrected chi connectivity index (χ2v) is 11.6. The van der Waals surface area contributed by atoms with Gasteiger partial charge >= 0.3 is 0 Å². The van der Waals surface area contributed by atoms with Crippen molar-refractivity contribution < 1.29 is 4.42 Å². The molecule has 44 heavy (non-hydrogen) atoms. The van der Waals surface area contributed by atoms with Gasteiger partial charge in [-0.3, -0.25) is 0 Å². The van der Waals surface area contributed by atoms with E-state index in [-0.39, 0.29) is 0 Å². The summed E-state index contributed by atoms with van der Waals surface area (Å²) < 4.78 is 6.31. The first-order valence-corrected chi connectivity index (χ1v) is 15.4. The molecule has 0 aliphatic heterocycles. The molecule has 0 amide bonds. The minimum Gasteiger partial charge on any atom is -0.455 e. The summed E-state index contributed by atoms with van der Waals surface area (Å²) in [4.78, 5) is 0. The van der Waals surface area contributed by atoms with E-state index in [9.17, 15) is 0 Å². The van der Waals surface area contributed by atoms with Gasteiger partial charge in [0, 0.05) is 16.3 Å².